The number of rotatable bonds is 3. The molecule has 0 saturated heterocycles. The highest BCUT2D eigenvalue weighted by Gasteiger charge is 2.61. The van der Waals surface area contributed by atoms with Gasteiger partial charge in [-0.1, -0.05) is 5.53 Å². The third-order valence-electron chi connectivity index (χ3n) is 6.67. The summed E-state index contributed by atoms with van der Waals surface area (Å²) >= 11 is 0. The SMILES string of the molecule is COC(=O)c1ccc(N2N[N+](C34CC5CC(CC(C5)C3)C4)=NC2O)cc1. The van der Waals surface area contributed by atoms with Crippen LogP contribution >= 0.6 is 0 Å². The molecule has 26 heavy (non-hydrogen) atoms. The summed E-state index contributed by atoms with van der Waals surface area (Å²) in [5.74, 6) is 2.06. The van der Waals surface area contributed by atoms with Gasteiger partial charge in [-0.2, -0.15) is 5.01 Å². The lowest BCUT2D eigenvalue weighted by atomic mass is 9.53. The number of hydrazine groups is 2. The van der Waals surface area contributed by atoms with Gasteiger partial charge in [-0.3, -0.25) is 0 Å². The maximum absolute atomic E-state index is 11.6. The van der Waals surface area contributed by atoms with Crippen molar-refractivity contribution in [2.45, 2.75) is 50.4 Å². The Kier molecular flexibility index (Phi) is 3.50. The fourth-order valence-electron chi connectivity index (χ4n) is 5.95. The van der Waals surface area contributed by atoms with Crippen molar-refractivity contribution in [3.8, 4) is 0 Å². The number of azo groups is 1. The number of methoxy groups -OCH3 is 1. The lowest BCUT2D eigenvalue weighted by Crippen LogP contribution is -2.60. The standard InChI is InChI=1S/C19H25N4O3/c1-26-17(24)15-2-4-16(5-3-15)22-18(25)20-23(21-22)19-9-12-6-13(10-19)8-14(7-12)11-19/h2-5,12-14,18,25H,6-11H2,1H3,(H,20,21)/q+1. The summed E-state index contributed by atoms with van der Waals surface area (Å²) < 4.78 is 4.73. The number of anilines is 1. The summed E-state index contributed by atoms with van der Waals surface area (Å²) in [6.07, 6.45) is 6.63. The smallest absolute Gasteiger partial charge is 0.337 e. The number of aliphatic hydroxyl groups excluding tert-OH is 1. The number of carbonyl (C=O) groups is 1. The molecule has 4 aliphatic carbocycles. The number of nitrogens with zero attached hydrogens (tertiary/aromatic N) is 3. The Labute approximate surface area is 152 Å². The molecule has 1 unspecified atom stereocenters. The van der Waals surface area contributed by atoms with Gasteiger partial charge in [0.25, 0.3) is 0 Å². The molecule has 7 nitrogen and oxygen atoms in total. The molecule has 5 aliphatic rings. The van der Waals surface area contributed by atoms with E-state index in [-0.39, 0.29) is 11.5 Å². The van der Waals surface area contributed by atoms with E-state index in [4.69, 9.17) is 4.74 Å². The van der Waals surface area contributed by atoms with Crippen molar-refractivity contribution in [1.29, 1.82) is 0 Å². The van der Waals surface area contributed by atoms with Crippen LogP contribution in [0.15, 0.2) is 29.4 Å². The second kappa shape index (κ2) is 5.67. The number of ether oxygens (including phenoxy) is 1. The topological polar surface area (TPSA) is 77.2 Å². The van der Waals surface area contributed by atoms with Crippen molar-refractivity contribution in [2.24, 2.45) is 22.9 Å². The van der Waals surface area contributed by atoms with Gasteiger partial charge in [0.1, 0.15) is 0 Å². The molecular weight excluding hydrogens is 332 g/mol. The number of hydrogen-bond donors (Lipinski definition) is 2. The highest BCUT2D eigenvalue weighted by Crippen LogP contribution is 2.57. The minimum absolute atomic E-state index is 0.0381. The van der Waals surface area contributed by atoms with Crippen LogP contribution < -0.4 is 10.5 Å². The average molecular weight is 357 g/mol. The van der Waals surface area contributed by atoms with Crippen LogP contribution in [0.5, 0.6) is 0 Å². The van der Waals surface area contributed by atoms with Gasteiger partial charge in [-0.25, -0.2) is 4.79 Å². The van der Waals surface area contributed by atoms with Gasteiger partial charge in [0.2, 0.25) is 5.54 Å². The van der Waals surface area contributed by atoms with Crippen LogP contribution in [0.3, 0.4) is 0 Å². The van der Waals surface area contributed by atoms with Crippen molar-refractivity contribution in [3.63, 3.8) is 0 Å². The number of benzene rings is 1. The predicted molar refractivity (Wildman–Crippen MR) is 93.0 cm³/mol. The minimum atomic E-state index is -0.966. The molecule has 0 spiro atoms. The number of aliphatic hydroxyl groups is 1. The Morgan fingerprint density at radius 2 is 1.77 bits per heavy atom. The normalized spacial score (nSPS) is 37.5. The molecule has 0 aromatic heterocycles. The largest absolute Gasteiger partial charge is 0.465 e. The summed E-state index contributed by atoms with van der Waals surface area (Å²) in [6, 6.07) is 6.98. The van der Waals surface area contributed by atoms with Crippen LogP contribution in [0, 0.1) is 17.8 Å². The van der Waals surface area contributed by atoms with Crippen molar-refractivity contribution >= 4 is 11.7 Å². The Balaban J connectivity index is 1.36. The van der Waals surface area contributed by atoms with Gasteiger partial charge in [0.15, 0.2) is 0 Å². The summed E-state index contributed by atoms with van der Waals surface area (Å²) in [5.41, 5.74) is 4.60. The van der Waals surface area contributed by atoms with E-state index in [1.165, 1.54) is 45.6 Å². The highest BCUT2D eigenvalue weighted by atomic mass is 16.5. The zero-order valence-electron chi connectivity index (χ0n) is 15.0. The molecule has 1 aromatic carbocycles. The summed E-state index contributed by atoms with van der Waals surface area (Å²) in [5, 5.41) is 16.7. The van der Waals surface area contributed by atoms with Crippen LogP contribution in [-0.4, -0.2) is 34.9 Å². The first-order valence-corrected chi connectivity index (χ1v) is 9.49. The zero-order chi connectivity index (χ0) is 17.9. The van der Waals surface area contributed by atoms with E-state index < -0.39 is 6.35 Å². The number of esters is 1. The molecule has 1 atom stereocenters. The average Bonchev–Trinajstić information content (AvgIpc) is 3.03. The van der Waals surface area contributed by atoms with E-state index in [2.05, 4.69) is 10.6 Å². The summed E-state index contributed by atoms with van der Waals surface area (Å²) in [4.78, 5) is 13.5. The number of hydrogen-bond acceptors (Lipinski definition) is 6. The molecular formula is C19H25N4O3+. The minimum Gasteiger partial charge on any atom is -0.465 e. The Morgan fingerprint density at radius 1 is 1.19 bits per heavy atom. The van der Waals surface area contributed by atoms with Gasteiger partial charge in [-0.15, -0.1) is 0 Å². The van der Waals surface area contributed by atoms with E-state index in [0.717, 1.165) is 23.4 Å². The quantitative estimate of drug-likeness (QED) is 0.642. The van der Waals surface area contributed by atoms with Crippen LogP contribution in [0.1, 0.15) is 48.9 Å². The maximum atomic E-state index is 11.6. The van der Waals surface area contributed by atoms with Crippen molar-refractivity contribution in [2.75, 3.05) is 12.1 Å². The summed E-state index contributed by atoms with van der Waals surface area (Å²) in [7, 11) is 1.37. The Hall–Kier alpha value is -2.15. The fourth-order valence-corrected chi connectivity index (χ4v) is 5.95. The molecule has 0 radical (unpaired) electrons. The first kappa shape index (κ1) is 16.1. The van der Waals surface area contributed by atoms with Gasteiger partial charge in [-0.05, 0) is 61.3 Å². The molecule has 138 valence electrons. The molecule has 4 bridgehead atoms. The lowest BCUT2D eigenvalue weighted by molar-refractivity contribution is -0.717. The third kappa shape index (κ3) is 2.40. The van der Waals surface area contributed by atoms with Crippen LogP contribution in [0.2, 0.25) is 0 Å². The van der Waals surface area contributed by atoms with Crippen LogP contribution in [0.25, 0.3) is 0 Å². The number of carbonyl (C=O) groups excluding carboxylic acids is 1. The Morgan fingerprint density at radius 3 is 2.31 bits per heavy atom. The van der Waals surface area contributed by atoms with Gasteiger partial charge in [0.05, 0.1) is 18.4 Å². The molecule has 0 amide bonds. The fraction of sp³-hybridized carbons (Fsp3) is 0.632. The van der Waals surface area contributed by atoms with Gasteiger partial charge >= 0.3 is 12.3 Å². The van der Waals surface area contributed by atoms with E-state index >= 15 is 0 Å². The first-order valence-electron chi connectivity index (χ1n) is 9.49. The molecule has 1 aromatic rings. The van der Waals surface area contributed by atoms with E-state index in [9.17, 15) is 9.90 Å². The van der Waals surface area contributed by atoms with Gasteiger partial charge in [0, 0.05) is 29.2 Å². The molecule has 4 fully saturated rings. The van der Waals surface area contributed by atoms with E-state index in [1.807, 2.05) is 4.81 Å². The van der Waals surface area contributed by atoms with Crippen LogP contribution in [0.4, 0.5) is 5.69 Å². The maximum Gasteiger partial charge on any atom is 0.337 e. The summed E-state index contributed by atoms with van der Waals surface area (Å²) in [6.45, 7) is 0. The molecule has 2 N–H and O–H groups in total. The third-order valence-corrected chi connectivity index (χ3v) is 6.67. The number of nitrogens with one attached hydrogen (secondary N) is 1. The lowest BCUT2D eigenvalue weighted by Gasteiger charge is -2.51. The molecule has 1 heterocycles. The zero-order valence-corrected chi connectivity index (χ0v) is 15.0. The molecule has 6 rings (SSSR count). The molecule has 1 aliphatic heterocycles. The second-order valence-electron chi connectivity index (χ2n) is 8.42. The van der Waals surface area contributed by atoms with E-state index in [0.29, 0.717) is 5.56 Å². The van der Waals surface area contributed by atoms with Crippen LogP contribution in [-0.2, 0) is 4.74 Å². The second-order valence-corrected chi connectivity index (χ2v) is 8.42. The molecule has 4 saturated carbocycles. The van der Waals surface area contributed by atoms with Crippen molar-refractivity contribution < 1.29 is 19.4 Å². The monoisotopic (exact) mass is 357 g/mol. The van der Waals surface area contributed by atoms with Crippen molar-refractivity contribution in [1.82, 2.24) is 5.53 Å². The highest BCUT2D eigenvalue weighted by molar-refractivity contribution is 5.89. The first-order chi connectivity index (χ1) is 12.6. The molecule has 7 heteroatoms. The predicted octanol–water partition coefficient (Wildman–Crippen LogP) is 2.42. The Bertz CT molecular complexity index is 725. The van der Waals surface area contributed by atoms with Gasteiger partial charge < -0.3 is 9.84 Å². The van der Waals surface area contributed by atoms with Crippen molar-refractivity contribution in [3.05, 3.63) is 29.8 Å². The van der Waals surface area contributed by atoms with E-state index in [1.54, 1.807) is 29.3 Å².